The number of nitrogen functional groups attached to an aromatic ring is 1. The van der Waals surface area contributed by atoms with Crippen LogP contribution in [0.4, 0.5) is 11.5 Å². The molecule has 100 valence electrons. The molecule has 2 N–H and O–H groups in total. The molecule has 6 nitrogen and oxygen atoms in total. The van der Waals surface area contributed by atoms with Crippen molar-refractivity contribution in [2.75, 3.05) is 23.7 Å². The molecule has 0 aromatic carbocycles. The summed E-state index contributed by atoms with van der Waals surface area (Å²) in [6, 6.07) is 7.32. The van der Waals surface area contributed by atoms with E-state index in [-0.39, 0.29) is 13.1 Å². The van der Waals surface area contributed by atoms with E-state index in [0.717, 1.165) is 0 Å². The molecule has 0 aliphatic heterocycles. The van der Waals surface area contributed by atoms with Gasteiger partial charge in [-0.3, -0.25) is 0 Å². The van der Waals surface area contributed by atoms with Crippen LogP contribution in [0.15, 0.2) is 12.1 Å². The Labute approximate surface area is 113 Å². The highest BCUT2D eigenvalue weighted by Gasteiger charge is 2.17. The molecule has 0 amide bonds. The van der Waals surface area contributed by atoms with E-state index in [0.29, 0.717) is 17.4 Å². The van der Waals surface area contributed by atoms with Gasteiger partial charge in [0.2, 0.25) is 5.88 Å². The standard InChI is InChI=1S/C13H17N5O/c1-13(2,3)19-12-10(16)4-5-11(17-12)18(8-6-14)9-7-15/h4-5H,8-9,16H2,1-3H3. The molecule has 19 heavy (non-hydrogen) atoms. The summed E-state index contributed by atoms with van der Waals surface area (Å²) < 4.78 is 5.65. The first kappa shape index (κ1) is 14.6. The molecule has 0 radical (unpaired) electrons. The Bertz CT molecular complexity index is 505. The summed E-state index contributed by atoms with van der Waals surface area (Å²) in [5.41, 5.74) is 5.81. The number of hydrogen-bond acceptors (Lipinski definition) is 6. The van der Waals surface area contributed by atoms with Gasteiger partial charge in [0.15, 0.2) is 0 Å². The average Bonchev–Trinajstić information content (AvgIpc) is 2.30. The molecule has 0 bridgehead atoms. The Hall–Kier alpha value is -2.47. The van der Waals surface area contributed by atoms with Crippen LogP contribution in [-0.4, -0.2) is 23.7 Å². The van der Waals surface area contributed by atoms with Crippen LogP contribution < -0.4 is 15.4 Å². The molecule has 0 fully saturated rings. The molecule has 1 aromatic heterocycles. The number of aromatic nitrogens is 1. The van der Waals surface area contributed by atoms with Crippen molar-refractivity contribution in [1.29, 1.82) is 10.5 Å². The summed E-state index contributed by atoms with van der Waals surface area (Å²) >= 11 is 0. The van der Waals surface area contributed by atoms with Crippen molar-refractivity contribution >= 4 is 11.5 Å². The zero-order valence-electron chi connectivity index (χ0n) is 11.3. The van der Waals surface area contributed by atoms with E-state index in [2.05, 4.69) is 4.98 Å². The highest BCUT2D eigenvalue weighted by atomic mass is 16.5. The minimum atomic E-state index is -0.422. The van der Waals surface area contributed by atoms with E-state index in [1.165, 1.54) is 0 Å². The smallest absolute Gasteiger partial charge is 0.239 e. The summed E-state index contributed by atoms with van der Waals surface area (Å²) in [6.07, 6.45) is 0. The fourth-order valence-electron chi connectivity index (χ4n) is 1.38. The van der Waals surface area contributed by atoms with Gasteiger partial charge >= 0.3 is 0 Å². The third-order valence-electron chi connectivity index (χ3n) is 2.13. The van der Waals surface area contributed by atoms with Crippen LogP contribution in [0.2, 0.25) is 0 Å². The van der Waals surface area contributed by atoms with Gasteiger partial charge in [-0.1, -0.05) is 0 Å². The third kappa shape index (κ3) is 4.36. The van der Waals surface area contributed by atoms with Gasteiger partial charge in [-0.15, -0.1) is 0 Å². The van der Waals surface area contributed by atoms with Crippen molar-refractivity contribution in [2.45, 2.75) is 26.4 Å². The SMILES string of the molecule is CC(C)(C)Oc1nc(N(CC#N)CC#N)ccc1N. The second-order valence-electron chi connectivity index (χ2n) is 4.95. The largest absolute Gasteiger partial charge is 0.470 e. The van der Waals surface area contributed by atoms with Gasteiger partial charge in [0.25, 0.3) is 0 Å². The maximum Gasteiger partial charge on any atom is 0.239 e. The summed E-state index contributed by atoms with van der Waals surface area (Å²) in [4.78, 5) is 5.82. The quantitative estimate of drug-likeness (QED) is 0.826. The van der Waals surface area contributed by atoms with E-state index in [1.807, 2.05) is 32.9 Å². The van der Waals surface area contributed by atoms with Gasteiger partial charge in [0.1, 0.15) is 24.5 Å². The molecule has 0 atom stereocenters. The minimum Gasteiger partial charge on any atom is -0.470 e. The number of rotatable bonds is 4. The van der Waals surface area contributed by atoms with Crippen LogP contribution in [0.25, 0.3) is 0 Å². The first-order chi connectivity index (χ1) is 8.87. The minimum absolute atomic E-state index is 0.0828. The first-order valence-corrected chi connectivity index (χ1v) is 5.82. The Morgan fingerprint density at radius 2 is 1.84 bits per heavy atom. The molecule has 1 aromatic rings. The maximum atomic E-state index is 8.75. The van der Waals surface area contributed by atoms with Crippen LogP contribution in [0.5, 0.6) is 5.88 Å². The molecule has 0 aliphatic carbocycles. The Kier molecular flexibility index (Phi) is 4.55. The topological polar surface area (TPSA) is 99.0 Å². The average molecular weight is 259 g/mol. The zero-order valence-corrected chi connectivity index (χ0v) is 11.3. The highest BCUT2D eigenvalue weighted by Crippen LogP contribution is 2.26. The Morgan fingerprint density at radius 1 is 1.26 bits per heavy atom. The lowest BCUT2D eigenvalue weighted by Gasteiger charge is -2.23. The molecular weight excluding hydrogens is 242 g/mol. The van der Waals surface area contributed by atoms with Crippen molar-refractivity contribution in [3.8, 4) is 18.0 Å². The lowest BCUT2D eigenvalue weighted by atomic mass is 10.2. The fourth-order valence-corrected chi connectivity index (χ4v) is 1.38. The van der Waals surface area contributed by atoms with Crippen molar-refractivity contribution in [2.24, 2.45) is 0 Å². The Morgan fingerprint density at radius 3 is 2.32 bits per heavy atom. The van der Waals surface area contributed by atoms with E-state index in [1.54, 1.807) is 17.0 Å². The van der Waals surface area contributed by atoms with Crippen molar-refractivity contribution in [3.63, 3.8) is 0 Å². The van der Waals surface area contributed by atoms with Gasteiger partial charge in [0, 0.05) is 0 Å². The number of anilines is 2. The summed E-state index contributed by atoms with van der Waals surface area (Å²) in [7, 11) is 0. The van der Waals surface area contributed by atoms with Gasteiger partial charge in [-0.2, -0.15) is 15.5 Å². The predicted molar refractivity (Wildman–Crippen MR) is 72.5 cm³/mol. The van der Waals surface area contributed by atoms with Crippen molar-refractivity contribution < 1.29 is 4.74 Å². The van der Waals surface area contributed by atoms with Gasteiger partial charge in [-0.25, -0.2) is 0 Å². The summed E-state index contributed by atoms with van der Waals surface area (Å²) in [5, 5.41) is 17.5. The van der Waals surface area contributed by atoms with Gasteiger partial charge < -0.3 is 15.4 Å². The number of pyridine rings is 1. The number of ether oxygens (including phenoxy) is 1. The predicted octanol–water partition coefficient (Wildman–Crippen LogP) is 1.69. The molecular formula is C13H17N5O. The molecule has 0 unspecified atom stereocenters. The highest BCUT2D eigenvalue weighted by molar-refractivity contribution is 5.55. The number of hydrogen-bond donors (Lipinski definition) is 1. The normalized spacial score (nSPS) is 10.4. The van der Waals surface area contributed by atoms with Gasteiger partial charge in [-0.05, 0) is 32.9 Å². The molecule has 1 heterocycles. The van der Waals surface area contributed by atoms with E-state index < -0.39 is 5.60 Å². The van der Waals surface area contributed by atoms with Crippen LogP contribution in [-0.2, 0) is 0 Å². The third-order valence-corrected chi connectivity index (χ3v) is 2.13. The van der Waals surface area contributed by atoms with Crippen LogP contribution in [0.3, 0.4) is 0 Å². The number of nitrogens with two attached hydrogens (primary N) is 1. The zero-order chi connectivity index (χ0) is 14.5. The van der Waals surface area contributed by atoms with Crippen LogP contribution in [0, 0.1) is 22.7 Å². The number of nitrogens with zero attached hydrogens (tertiary/aromatic N) is 4. The molecule has 6 heteroatoms. The molecule has 0 spiro atoms. The lowest BCUT2D eigenvalue weighted by Crippen LogP contribution is -2.27. The summed E-state index contributed by atoms with van der Waals surface area (Å²) in [5.74, 6) is 0.808. The van der Waals surface area contributed by atoms with Gasteiger partial charge in [0.05, 0.1) is 17.8 Å². The van der Waals surface area contributed by atoms with E-state index >= 15 is 0 Å². The molecule has 0 saturated carbocycles. The van der Waals surface area contributed by atoms with Crippen molar-refractivity contribution in [1.82, 2.24) is 4.98 Å². The van der Waals surface area contributed by atoms with E-state index in [9.17, 15) is 0 Å². The molecule has 0 saturated heterocycles. The number of nitriles is 2. The molecule has 0 aliphatic rings. The monoisotopic (exact) mass is 259 g/mol. The van der Waals surface area contributed by atoms with Crippen LogP contribution in [0.1, 0.15) is 20.8 Å². The Balaban J connectivity index is 3.07. The fraction of sp³-hybridized carbons (Fsp3) is 0.462. The first-order valence-electron chi connectivity index (χ1n) is 5.82. The second-order valence-corrected chi connectivity index (χ2v) is 4.95. The summed E-state index contributed by atoms with van der Waals surface area (Å²) in [6.45, 7) is 5.84. The van der Waals surface area contributed by atoms with Crippen molar-refractivity contribution in [3.05, 3.63) is 12.1 Å². The maximum absolute atomic E-state index is 8.75. The van der Waals surface area contributed by atoms with Crippen LogP contribution >= 0.6 is 0 Å². The lowest BCUT2D eigenvalue weighted by molar-refractivity contribution is 0.125. The van der Waals surface area contributed by atoms with E-state index in [4.69, 9.17) is 21.0 Å². The second kappa shape index (κ2) is 5.92. The molecule has 1 rings (SSSR count).